The molecular formula is C23H23F3N2O5S. The molecule has 1 fully saturated rings. The number of aliphatic carboxylic acids is 1. The van der Waals surface area contributed by atoms with Gasteiger partial charge >= 0.3 is 12.1 Å². The van der Waals surface area contributed by atoms with E-state index in [1.807, 2.05) is 12.1 Å². The third-order valence-corrected chi connectivity index (χ3v) is 7.91. The summed E-state index contributed by atoms with van der Waals surface area (Å²) in [5.74, 6) is -2.76. The molecule has 5 rings (SSSR count). The molecule has 0 amide bonds. The van der Waals surface area contributed by atoms with Crippen molar-refractivity contribution in [3.63, 3.8) is 0 Å². The molecule has 3 aromatic rings. The van der Waals surface area contributed by atoms with Gasteiger partial charge in [-0.15, -0.1) is 0 Å². The minimum absolute atomic E-state index is 0.0800. The Morgan fingerprint density at radius 3 is 2.29 bits per heavy atom. The molecule has 2 aliphatic heterocycles. The molecule has 11 heteroatoms. The number of benzene rings is 2. The lowest BCUT2D eigenvalue weighted by Gasteiger charge is -2.41. The van der Waals surface area contributed by atoms with Gasteiger partial charge in [0.2, 0.25) is 9.84 Å². The summed E-state index contributed by atoms with van der Waals surface area (Å²) in [6, 6.07) is 14.1. The lowest BCUT2D eigenvalue weighted by molar-refractivity contribution is -0.192. The summed E-state index contributed by atoms with van der Waals surface area (Å²) in [4.78, 5) is 13.1. The predicted octanol–water partition coefficient (Wildman–Crippen LogP) is 3.79. The molecule has 1 spiro atoms. The number of hydrogen-bond acceptors (Lipinski definition) is 5. The number of hydrogen-bond donors (Lipinski definition) is 3. The standard InChI is InChI=1S/C21H22N2O3S.C2HF3O2/c24-27(25,15-4-2-1-3-5-15)16-6-7-17-18-8-11-22-21(9-12-26-13-10-21)20(18)23-19(17)14-16;3-2(4,5)1(6)7/h1-7,14,22-23H,8-13H2;(H,6,7). The van der Waals surface area contributed by atoms with E-state index >= 15 is 0 Å². The van der Waals surface area contributed by atoms with Crippen LogP contribution >= 0.6 is 0 Å². The van der Waals surface area contributed by atoms with Gasteiger partial charge in [0.1, 0.15) is 0 Å². The van der Waals surface area contributed by atoms with Crippen molar-refractivity contribution in [2.75, 3.05) is 19.8 Å². The number of rotatable bonds is 2. The van der Waals surface area contributed by atoms with Crippen molar-refractivity contribution in [2.24, 2.45) is 0 Å². The third kappa shape index (κ3) is 4.55. The van der Waals surface area contributed by atoms with Crippen molar-refractivity contribution in [2.45, 2.75) is 40.8 Å². The highest BCUT2D eigenvalue weighted by atomic mass is 32.2. The first-order valence-corrected chi connectivity index (χ1v) is 12.1. The highest BCUT2D eigenvalue weighted by molar-refractivity contribution is 7.91. The Labute approximate surface area is 193 Å². The number of H-pyrrole nitrogens is 1. The van der Waals surface area contributed by atoms with Crippen LogP contribution in [-0.4, -0.2) is 50.4 Å². The van der Waals surface area contributed by atoms with Crippen molar-refractivity contribution in [1.29, 1.82) is 0 Å². The summed E-state index contributed by atoms with van der Waals surface area (Å²) in [6.07, 6.45) is -2.27. The Kier molecular flexibility index (Phi) is 6.45. The Morgan fingerprint density at radius 1 is 1.03 bits per heavy atom. The van der Waals surface area contributed by atoms with Gasteiger partial charge in [0.25, 0.3) is 0 Å². The van der Waals surface area contributed by atoms with Crippen LogP contribution in [0.2, 0.25) is 0 Å². The van der Waals surface area contributed by atoms with Crippen LogP contribution in [0.3, 0.4) is 0 Å². The van der Waals surface area contributed by atoms with Gasteiger partial charge in [-0.05, 0) is 49.1 Å². The number of aromatic amines is 1. The van der Waals surface area contributed by atoms with Crippen molar-refractivity contribution in [3.05, 3.63) is 59.8 Å². The highest BCUT2D eigenvalue weighted by Gasteiger charge is 2.40. The lowest BCUT2D eigenvalue weighted by atomic mass is 9.81. The van der Waals surface area contributed by atoms with E-state index in [2.05, 4.69) is 10.3 Å². The molecule has 0 atom stereocenters. The van der Waals surface area contributed by atoms with Crippen LogP contribution < -0.4 is 5.32 Å². The Balaban J connectivity index is 0.000000344. The number of carboxylic acid groups (broad SMARTS) is 1. The zero-order valence-corrected chi connectivity index (χ0v) is 18.8. The van der Waals surface area contributed by atoms with Crippen LogP contribution in [0.4, 0.5) is 13.2 Å². The quantitative estimate of drug-likeness (QED) is 0.498. The van der Waals surface area contributed by atoms with Crippen molar-refractivity contribution < 1.29 is 36.2 Å². The molecule has 0 aliphatic carbocycles. The molecule has 0 unspecified atom stereocenters. The molecule has 3 heterocycles. The molecule has 182 valence electrons. The maximum atomic E-state index is 13.0. The molecule has 3 N–H and O–H groups in total. The summed E-state index contributed by atoms with van der Waals surface area (Å²) in [5, 5.41) is 11.9. The van der Waals surface area contributed by atoms with Crippen molar-refractivity contribution >= 4 is 26.7 Å². The minimum atomic E-state index is -5.08. The van der Waals surface area contributed by atoms with Crippen LogP contribution in [-0.2, 0) is 31.3 Å². The molecule has 1 saturated heterocycles. The Hall–Kier alpha value is -2.89. The van der Waals surface area contributed by atoms with Gasteiger partial charge in [-0.1, -0.05) is 24.3 Å². The largest absolute Gasteiger partial charge is 0.490 e. The second-order valence-corrected chi connectivity index (χ2v) is 10.1. The number of aromatic nitrogens is 1. The van der Waals surface area contributed by atoms with Gasteiger partial charge in [-0.25, -0.2) is 13.2 Å². The molecule has 1 aromatic heterocycles. The van der Waals surface area contributed by atoms with E-state index in [4.69, 9.17) is 14.6 Å². The second-order valence-electron chi connectivity index (χ2n) is 8.18. The van der Waals surface area contributed by atoms with E-state index in [1.165, 1.54) is 11.3 Å². The summed E-state index contributed by atoms with van der Waals surface area (Å²) in [7, 11) is -3.52. The molecular weight excluding hydrogens is 473 g/mol. The minimum Gasteiger partial charge on any atom is -0.475 e. The first-order chi connectivity index (χ1) is 16.0. The molecule has 2 aliphatic rings. The first-order valence-electron chi connectivity index (χ1n) is 10.6. The molecule has 2 aromatic carbocycles. The number of nitrogens with one attached hydrogen (secondary N) is 2. The van der Waals surface area contributed by atoms with Gasteiger partial charge < -0.3 is 20.1 Å². The van der Waals surface area contributed by atoms with Gasteiger partial charge in [0.05, 0.1) is 15.3 Å². The molecule has 0 saturated carbocycles. The maximum Gasteiger partial charge on any atom is 0.490 e. The molecule has 7 nitrogen and oxygen atoms in total. The summed E-state index contributed by atoms with van der Waals surface area (Å²) in [5.41, 5.74) is 3.34. The average molecular weight is 497 g/mol. The topological polar surface area (TPSA) is 108 Å². The lowest BCUT2D eigenvalue weighted by Crippen LogP contribution is -2.50. The van der Waals surface area contributed by atoms with Crippen LogP contribution in [0.1, 0.15) is 24.1 Å². The number of halogens is 3. The summed E-state index contributed by atoms with van der Waals surface area (Å²) >= 11 is 0. The van der Waals surface area contributed by atoms with E-state index < -0.39 is 22.0 Å². The Morgan fingerprint density at radius 2 is 1.68 bits per heavy atom. The average Bonchev–Trinajstić information content (AvgIpc) is 3.20. The van der Waals surface area contributed by atoms with E-state index in [0.29, 0.717) is 9.79 Å². The predicted molar refractivity (Wildman–Crippen MR) is 117 cm³/mol. The molecule has 0 radical (unpaired) electrons. The summed E-state index contributed by atoms with van der Waals surface area (Å²) < 4.78 is 63.2. The zero-order chi connectivity index (χ0) is 24.6. The fourth-order valence-electron chi connectivity index (χ4n) is 4.47. The van der Waals surface area contributed by atoms with Crippen LogP contribution in [0.5, 0.6) is 0 Å². The van der Waals surface area contributed by atoms with Gasteiger partial charge in [0.15, 0.2) is 0 Å². The number of ether oxygens (including phenoxy) is 1. The molecule has 0 bridgehead atoms. The monoisotopic (exact) mass is 496 g/mol. The Bertz CT molecular complexity index is 1300. The normalized spacial score (nSPS) is 17.6. The molecule has 34 heavy (non-hydrogen) atoms. The fraction of sp³-hybridized carbons (Fsp3) is 0.348. The number of carbonyl (C=O) groups is 1. The second kappa shape index (κ2) is 9.05. The number of sulfone groups is 1. The first kappa shape index (κ1) is 24.2. The third-order valence-electron chi connectivity index (χ3n) is 6.15. The van der Waals surface area contributed by atoms with E-state index in [1.54, 1.807) is 36.4 Å². The number of carboxylic acids is 1. The van der Waals surface area contributed by atoms with Gasteiger partial charge in [-0.2, -0.15) is 13.2 Å². The fourth-order valence-corrected chi connectivity index (χ4v) is 5.78. The van der Waals surface area contributed by atoms with E-state index in [0.717, 1.165) is 49.9 Å². The van der Waals surface area contributed by atoms with Crippen LogP contribution in [0.15, 0.2) is 58.3 Å². The van der Waals surface area contributed by atoms with E-state index in [9.17, 15) is 21.6 Å². The number of alkyl halides is 3. The van der Waals surface area contributed by atoms with Crippen LogP contribution in [0.25, 0.3) is 10.9 Å². The zero-order valence-electron chi connectivity index (χ0n) is 18.0. The smallest absolute Gasteiger partial charge is 0.475 e. The highest BCUT2D eigenvalue weighted by Crippen LogP contribution is 2.40. The SMILES string of the molecule is O=C(O)C(F)(F)F.O=S(=O)(c1ccccc1)c1ccc2c3c([nH]c2c1)C1(CCOCC1)NCC3. The summed E-state index contributed by atoms with van der Waals surface area (Å²) in [6.45, 7) is 2.43. The van der Waals surface area contributed by atoms with Gasteiger partial charge in [0, 0.05) is 36.4 Å². The maximum absolute atomic E-state index is 13.0. The van der Waals surface area contributed by atoms with Gasteiger partial charge in [-0.3, -0.25) is 0 Å². The van der Waals surface area contributed by atoms with Crippen molar-refractivity contribution in [1.82, 2.24) is 10.3 Å². The van der Waals surface area contributed by atoms with Crippen LogP contribution in [0, 0.1) is 0 Å². The van der Waals surface area contributed by atoms with Crippen molar-refractivity contribution in [3.8, 4) is 0 Å². The number of fused-ring (bicyclic) bond motifs is 4. The van der Waals surface area contributed by atoms with E-state index in [-0.39, 0.29) is 5.54 Å².